The van der Waals surface area contributed by atoms with E-state index < -0.39 is 0 Å². The summed E-state index contributed by atoms with van der Waals surface area (Å²) in [6.07, 6.45) is 0. The lowest BCUT2D eigenvalue weighted by Gasteiger charge is -2.27. The zero-order valence-corrected chi connectivity index (χ0v) is 19.6. The summed E-state index contributed by atoms with van der Waals surface area (Å²) in [5.74, 6) is 1.33. The van der Waals surface area contributed by atoms with Gasteiger partial charge in [0.25, 0.3) is 5.56 Å². The second kappa shape index (κ2) is 9.18. The quantitative estimate of drug-likeness (QED) is 0.554. The number of H-pyrrole nitrogens is 1. The van der Waals surface area contributed by atoms with Crippen molar-refractivity contribution >= 4 is 33.9 Å². The number of aromatic amines is 1. The van der Waals surface area contributed by atoms with Crippen LogP contribution in [0.2, 0.25) is 0 Å². The molecule has 7 nitrogen and oxygen atoms in total. The van der Waals surface area contributed by atoms with Crippen molar-refractivity contribution in [3.8, 4) is 11.5 Å². The van der Waals surface area contributed by atoms with Crippen LogP contribution < -0.4 is 20.3 Å². The Labute approximate surface area is 192 Å². The number of ether oxygens (including phenoxy) is 2. The van der Waals surface area contributed by atoms with Gasteiger partial charge in [0.2, 0.25) is 6.79 Å². The van der Waals surface area contributed by atoms with E-state index in [1.165, 1.54) is 5.56 Å². The lowest BCUT2D eigenvalue weighted by molar-refractivity contribution is 0.174. The fourth-order valence-electron chi connectivity index (χ4n) is 3.69. The Bertz CT molecular complexity index is 1220. The predicted octanol–water partition coefficient (Wildman–Crippen LogP) is 3.63. The van der Waals surface area contributed by atoms with Crippen molar-refractivity contribution in [3.05, 3.63) is 63.4 Å². The van der Waals surface area contributed by atoms with Crippen molar-refractivity contribution in [2.45, 2.75) is 20.4 Å². The van der Waals surface area contributed by atoms with E-state index in [0.29, 0.717) is 35.3 Å². The largest absolute Gasteiger partial charge is 0.454 e. The van der Waals surface area contributed by atoms with Crippen molar-refractivity contribution in [2.24, 2.45) is 0 Å². The highest BCUT2D eigenvalue weighted by Gasteiger charge is 2.18. The number of likely N-dealkylation sites (N-methyl/N-ethyl adjacent to an activating group) is 1. The van der Waals surface area contributed by atoms with Gasteiger partial charge in [0.15, 0.2) is 16.6 Å². The van der Waals surface area contributed by atoms with E-state index in [-0.39, 0.29) is 12.4 Å². The number of nitrogens with zero attached hydrogens (tertiary/aromatic N) is 2. The third kappa shape index (κ3) is 4.87. The molecule has 2 heterocycles. The van der Waals surface area contributed by atoms with Crippen LogP contribution in [0.5, 0.6) is 11.5 Å². The van der Waals surface area contributed by atoms with Gasteiger partial charge in [-0.25, -0.2) is 0 Å². The summed E-state index contributed by atoms with van der Waals surface area (Å²) in [4.78, 5) is 19.9. The number of rotatable bonds is 6. The number of hydrogen-bond donors (Lipinski definition) is 2. The van der Waals surface area contributed by atoms with Crippen LogP contribution in [0.1, 0.15) is 16.7 Å². The normalized spacial score (nSPS) is 12.4. The predicted molar refractivity (Wildman–Crippen MR) is 132 cm³/mol. The first kappa shape index (κ1) is 22.1. The van der Waals surface area contributed by atoms with Crippen molar-refractivity contribution in [1.82, 2.24) is 14.8 Å². The number of benzene rings is 2. The van der Waals surface area contributed by atoms with E-state index in [1.54, 1.807) is 6.07 Å². The first-order chi connectivity index (χ1) is 15.3. The van der Waals surface area contributed by atoms with Crippen LogP contribution in [0.4, 0.5) is 5.69 Å². The molecular formula is C24H28N4O3S. The molecule has 0 unspecified atom stereocenters. The highest BCUT2D eigenvalue weighted by atomic mass is 32.1. The Kier molecular flexibility index (Phi) is 6.34. The summed E-state index contributed by atoms with van der Waals surface area (Å²) in [6.45, 7) is 6.20. The Morgan fingerprint density at radius 2 is 1.84 bits per heavy atom. The smallest absolute Gasteiger partial charge is 0.253 e. The number of thiocarbonyl (C=S) groups is 1. The fraction of sp³-hybridized carbons (Fsp3) is 0.333. The van der Waals surface area contributed by atoms with Gasteiger partial charge in [-0.3, -0.25) is 4.79 Å². The number of fused-ring (bicyclic) bond motifs is 2. The second-order valence-corrected chi connectivity index (χ2v) is 8.78. The maximum absolute atomic E-state index is 12.9. The molecule has 0 aliphatic carbocycles. The number of anilines is 1. The molecule has 0 amide bonds. The van der Waals surface area contributed by atoms with Gasteiger partial charge in [0.05, 0.1) is 12.1 Å². The molecule has 0 spiro atoms. The molecule has 0 fully saturated rings. The molecule has 0 saturated carbocycles. The standard InChI is InChI=1S/C24H28N4O3S/c1-15-5-6-19(16(2)9-15)26-24(32)28(8-7-27(3)4)13-18-10-17-11-21-22(31-14-30-21)12-20(17)25-23(18)29/h5-6,9-12H,7-8,13-14H2,1-4H3,(H,25,29)(H,26,32). The van der Waals surface area contributed by atoms with Gasteiger partial charge < -0.3 is 29.6 Å². The molecule has 2 aromatic carbocycles. The highest BCUT2D eigenvalue weighted by molar-refractivity contribution is 7.80. The molecule has 4 rings (SSSR count). The third-order valence-electron chi connectivity index (χ3n) is 5.50. The Morgan fingerprint density at radius 3 is 2.56 bits per heavy atom. The fourth-order valence-corrected chi connectivity index (χ4v) is 3.95. The van der Waals surface area contributed by atoms with Gasteiger partial charge in [-0.2, -0.15) is 0 Å². The summed E-state index contributed by atoms with van der Waals surface area (Å²) in [7, 11) is 4.04. The van der Waals surface area contributed by atoms with E-state index in [4.69, 9.17) is 21.7 Å². The molecule has 1 aliphatic heterocycles. The summed E-state index contributed by atoms with van der Waals surface area (Å²) in [5, 5.41) is 4.84. The molecule has 1 aliphatic rings. The number of aromatic nitrogens is 1. The number of hydrogen-bond acceptors (Lipinski definition) is 5. The maximum Gasteiger partial charge on any atom is 0.253 e. The molecule has 8 heteroatoms. The topological polar surface area (TPSA) is 69.8 Å². The monoisotopic (exact) mass is 452 g/mol. The zero-order chi connectivity index (χ0) is 22.8. The van der Waals surface area contributed by atoms with E-state index in [0.717, 1.165) is 28.7 Å². The molecule has 32 heavy (non-hydrogen) atoms. The Balaban J connectivity index is 1.61. The minimum absolute atomic E-state index is 0.138. The minimum atomic E-state index is -0.138. The van der Waals surface area contributed by atoms with Gasteiger partial charge in [-0.1, -0.05) is 17.7 Å². The average molecular weight is 453 g/mol. The van der Waals surface area contributed by atoms with E-state index in [2.05, 4.69) is 41.2 Å². The van der Waals surface area contributed by atoms with E-state index in [9.17, 15) is 4.79 Å². The highest BCUT2D eigenvalue weighted by Crippen LogP contribution is 2.35. The first-order valence-electron chi connectivity index (χ1n) is 10.5. The summed E-state index contributed by atoms with van der Waals surface area (Å²) in [5.41, 5.74) is 4.52. The lowest BCUT2D eigenvalue weighted by atomic mass is 10.1. The Morgan fingerprint density at radius 1 is 1.09 bits per heavy atom. The van der Waals surface area contributed by atoms with Gasteiger partial charge in [-0.05, 0) is 63.9 Å². The van der Waals surface area contributed by atoms with Crippen molar-refractivity contribution in [2.75, 3.05) is 39.3 Å². The SMILES string of the molecule is Cc1ccc(NC(=S)N(CCN(C)C)Cc2cc3cc4c(cc3[nH]c2=O)OCO4)c(C)c1. The van der Waals surface area contributed by atoms with Crippen LogP contribution >= 0.6 is 12.2 Å². The third-order valence-corrected chi connectivity index (χ3v) is 5.86. The number of pyridine rings is 1. The molecule has 0 saturated heterocycles. The molecule has 0 bridgehead atoms. The van der Waals surface area contributed by atoms with E-state index in [1.807, 2.05) is 37.2 Å². The second-order valence-electron chi connectivity index (χ2n) is 8.39. The molecule has 168 valence electrons. The maximum atomic E-state index is 12.9. The first-order valence-corrected chi connectivity index (χ1v) is 10.9. The molecule has 0 radical (unpaired) electrons. The van der Waals surface area contributed by atoms with Crippen LogP contribution in [0, 0.1) is 13.8 Å². The van der Waals surface area contributed by atoms with Crippen molar-refractivity contribution < 1.29 is 9.47 Å². The Hall–Kier alpha value is -3.10. The van der Waals surface area contributed by atoms with Gasteiger partial charge in [0, 0.05) is 35.8 Å². The van der Waals surface area contributed by atoms with Gasteiger partial charge in [-0.15, -0.1) is 0 Å². The van der Waals surface area contributed by atoms with E-state index >= 15 is 0 Å². The molecular weight excluding hydrogens is 424 g/mol. The number of aryl methyl sites for hydroxylation is 2. The zero-order valence-electron chi connectivity index (χ0n) is 18.8. The van der Waals surface area contributed by atoms with Gasteiger partial charge in [0.1, 0.15) is 0 Å². The lowest BCUT2D eigenvalue weighted by Crippen LogP contribution is -2.40. The van der Waals surface area contributed by atoms with Crippen LogP contribution in [-0.4, -0.2) is 53.9 Å². The number of nitrogens with one attached hydrogen (secondary N) is 2. The molecule has 0 atom stereocenters. The van der Waals surface area contributed by atoms with Crippen LogP contribution in [-0.2, 0) is 6.54 Å². The molecule has 2 N–H and O–H groups in total. The summed E-state index contributed by atoms with van der Waals surface area (Å²) in [6, 6.07) is 11.8. The summed E-state index contributed by atoms with van der Waals surface area (Å²) < 4.78 is 10.9. The van der Waals surface area contributed by atoms with Crippen molar-refractivity contribution in [3.63, 3.8) is 0 Å². The minimum Gasteiger partial charge on any atom is -0.454 e. The molecule has 3 aromatic rings. The van der Waals surface area contributed by atoms with Crippen molar-refractivity contribution in [1.29, 1.82) is 0 Å². The van der Waals surface area contributed by atoms with Gasteiger partial charge >= 0.3 is 0 Å². The average Bonchev–Trinajstić information content (AvgIpc) is 3.18. The van der Waals surface area contributed by atoms with Crippen LogP contribution in [0.25, 0.3) is 10.9 Å². The summed E-state index contributed by atoms with van der Waals surface area (Å²) >= 11 is 5.75. The van der Waals surface area contributed by atoms with Crippen LogP contribution in [0.3, 0.4) is 0 Å². The molecule has 1 aromatic heterocycles. The van der Waals surface area contributed by atoms with Crippen LogP contribution in [0.15, 0.2) is 41.2 Å².